The van der Waals surface area contributed by atoms with Gasteiger partial charge in [0.15, 0.2) is 0 Å². The van der Waals surface area contributed by atoms with Crippen LogP contribution in [-0.4, -0.2) is 23.5 Å². The lowest BCUT2D eigenvalue weighted by atomic mass is 10.1. The van der Waals surface area contributed by atoms with Crippen molar-refractivity contribution in [2.45, 2.75) is 13.0 Å². The predicted molar refractivity (Wildman–Crippen MR) is 134 cm³/mol. The van der Waals surface area contributed by atoms with Gasteiger partial charge in [0.05, 0.1) is 10.4 Å². The van der Waals surface area contributed by atoms with E-state index in [1.807, 2.05) is 18.2 Å². The zero-order chi connectivity index (χ0) is 23.1. The molecule has 2 aromatic carbocycles. The molecule has 4 aromatic rings. The van der Waals surface area contributed by atoms with Crippen LogP contribution in [0.2, 0.25) is 0 Å². The molecule has 6 rings (SSSR count). The molecular weight excluding hydrogens is 468 g/mol. The third-order valence-corrected chi connectivity index (χ3v) is 7.62. The summed E-state index contributed by atoms with van der Waals surface area (Å²) in [4.78, 5) is 31.5. The molecule has 4 heterocycles. The Morgan fingerprint density at radius 1 is 1.03 bits per heavy atom. The van der Waals surface area contributed by atoms with Crippen LogP contribution in [-0.2, 0) is 17.8 Å². The highest BCUT2D eigenvalue weighted by atomic mass is 32.1. The van der Waals surface area contributed by atoms with Crippen molar-refractivity contribution in [3.8, 4) is 0 Å². The van der Waals surface area contributed by atoms with E-state index in [-0.39, 0.29) is 5.70 Å². The number of azo groups is 1. The maximum atomic E-state index is 11.7. The first-order valence-electron chi connectivity index (χ1n) is 10.7. The second kappa shape index (κ2) is 8.47. The van der Waals surface area contributed by atoms with Crippen molar-refractivity contribution in [1.82, 2.24) is 15.6 Å². The summed E-state index contributed by atoms with van der Waals surface area (Å²) in [6, 6.07) is 18.1. The maximum absolute atomic E-state index is 11.7. The standard InChI is InChI=1S/C24H18N6O2S2/c31-21-18(25-23(32)26-21)11-17-12-20-22(33-17)27-24(34-20)29-28-16-6-7-19-15(10-16)8-9-30(19)13-14-4-2-1-3-5-14/h1-7,10-12H,8-9,13H2,(H2,25,26,31,32)/b18-11+,29-28+. The quantitative estimate of drug-likeness (QED) is 0.221. The first-order chi connectivity index (χ1) is 16.6. The number of anilines is 1. The molecule has 0 bridgehead atoms. The van der Waals surface area contributed by atoms with Crippen LogP contribution in [0.5, 0.6) is 0 Å². The number of carbonyl (C=O) groups excluding carboxylic acids is 2. The summed E-state index contributed by atoms with van der Waals surface area (Å²) >= 11 is 2.87. The van der Waals surface area contributed by atoms with E-state index in [1.165, 1.54) is 39.5 Å². The molecule has 8 nitrogen and oxygen atoms in total. The number of urea groups is 1. The molecule has 0 radical (unpaired) electrons. The van der Waals surface area contributed by atoms with Crippen molar-refractivity contribution in [3.63, 3.8) is 0 Å². The zero-order valence-electron chi connectivity index (χ0n) is 17.8. The number of fused-ring (bicyclic) bond motifs is 2. The molecule has 0 saturated carbocycles. The Bertz CT molecular complexity index is 1460. The molecule has 0 unspecified atom stereocenters. The molecule has 0 spiro atoms. The number of thiophene rings is 1. The molecule has 2 aliphatic heterocycles. The number of thiazole rings is 1. The molecule has 2 aromatic heterocycles. The molecule has 0 atom stereocenters. The van der Waals surface area contributed by atoms with Crippen molar-refractivity contribution in [1.29, 1.82) is 0 Å². The van der Waals surface area contributed by atoms with Crippen LogP contribution in [0.15, 0.2) is 70.5 Å². The molecule has 1 fully saturated rings. The highest BCUT2D eigenvalue weighted by Gasteiger charge is 2.23. The normalized spacial score (nSPS) is 16.6. The average molecular weight is 487 g/mol. The molecular formula is C24H18N6O2S2. The van der Waals surface area contributed by atoms with Crippen LogP contribution < -0.4 is 15.5 Å². The average Bonchev–Trinajstić information content (AvgIpc) is 3.57. The van der Waals surface area contributed by atoms with E-state index in [9.17, 15) is 9.59 Å². The van der Waals surface area contributed by atoms with Crippen molar-refractivity contribution in [2.75, 3.05) is 11.4 Å². The van der Waals surface area contributed by atoms with Crippen LogP contribution in [0.1, 0.15) is 16.0 Å². The zero-order valence-corrected chi connectivity index (χ0v) is 19.4. The van der Waals surface area contributed by atoms with Gasteiger partial charge in [-0.05, 0) is 47.9 Å². The first-order valence-corrected chi connectivity index (χ1v) is 12.3. The SMILES string of the molecule is O=C1NC(=O)/C(=C\c2cc3sc(/N=N/c4ccc5c(c4)CCN5Cc4ccccc4)nc3s2)N1. The highest BCUT2D eigenvalue weighted by molar-refractivity contribution is 7.29. The molecule has 0 aliphatic carbocycles. The fraction of sp³-hybridized carbons (Fsp3) is 0.125. The number of rotatable bonds is 5. The predicted octanol–water partition coefficient (Wildman–Crippen LogP) is 5.52. The first kappa shape index (κ1) is 20.7. The van der Waals surface area contributed by atoms with Gasteiger partial charge in [-0.1, -0.05) is 41.7 Å². The number of benzene rings is 2. The van der Waals surface area contributed by atoms with Gasteiger partial charge >= 0.3 is 6.03 Å². The van der Waals surface area contributed by atoms with E-state index in [0.717, 1.165) is 39.6 Å². The molecule has 2 N–H and O–H groups in total. The maximum Gasteiger partial charge on any atom is 0.326 e. The number of carbonyl (C=O) groups is 2. The van der Waals surface area contributed by atoms with Gasteiger partial charge in [-0.3, -0.25) is 10.1 Å². The van der Waals surface area contributed by atoms with Gasteiger partial charge in [-0.15, -0.1) is 21.6 Å². The van der Waals surface area contributed by atoms with Crippen molar-refractivity contribution in [3.05, 3.63) is 76.3 Å². The van der Waals surface area contributed by atoms with E-state index in [2.05, 4.69) is 67.1 Å². The summed E-state index contributed by atoms with van der Waals surface area (Å²) in [7, 11) is 0. The van der Waals surface area contributed by atoms with E-state index in [4.69, 9.17) is 0 Å². The fourth-order valence-electron chi connectivity index (χ4n) is 4.07. The topological polar surface area (TPSA) is 99.0 Å². The number of nitrogens with one attached hydrogen (secondary N) is 2. The van der Waals surface area contributed by atoms with Crippen molar-refractivity contribution in [2.24, 2.45) is 10.2 Å². The van der Waals surface area contributed by atoms with E-state index >= 15 is 0 Å². The van der Waals surface area contributed by atoms with Crippen LogP contribution in [0.3, 0.4) is 0 Å². The lowest BCUT2D eigenvalue weighted by Crippen LogP contribution is -2.22. The minimum atomic E-state index is -0.508. The third-order valence-electron chi connectivity index (χ3n) is 5.63. The van der Waals surface area contributed by atoms with Gasteiger partial charge in [0, 0.05) is 23.7 Å². The number of nitrogens with zero attached hydrogens (tertiary/aromatic N) is 4. The van der Waals surface area contributed by atoms with Gasteiger partial charge in [0.1, 0.15) is 10.5 Å². The molecule has 168 valence electrons. The van der Waals surface area contributed by atoms with E-state index in [0.29, 0.717) is 5.13 Å². The Kier molecular flexibility index (Phi) is 5.16. The van der Waals surface area contributed by atoms with Gasteiger partial charge < -0.3 is 10.2 Å². The number of hydrogen-bond acceptors (Lipinski definition) is 8. The van der Waals surface area contributed by atoms with E-state index in [1.54, 1.807) is 6.08 Å². The van der Waals surface area contributed by atoms with Crippen molar-refractivity contribution < 1.29 is 9.59 Å². The largest absolute Gasteiger partial charge is 0.367 e. The molecule has 10 heteroatoms. The molecule has 2 aliphatic rings. The van der Waals surface area contributed by atoms with Crippen LogP contribution in [0.4, 0.5) is 21.3 Å². The lowest BCUT2D eigenvalue weighted by Gasteiger charge is -2.19. The molecule has 34 heavy (non-hydrogen) atoms. The van der Waals surface area contributed by atoms with Gasteiger partial charge in [-0.25, -0.2) is 9.78 Å². The number of amides is 3. The second-order valence-corrected chi connectivity index (χ2v) is 10.0. The Morgan fingerprint density at radius 2 is 1.91 bits per heavy atom. The van der Waals surface area contributed by atoms with E-state index < -0.39 is 11.9 Å². The highest BCUT2D eigenvalue weighted by Crippen LogP contribution is 2.37. The summed E-state index contributed by atoms with van der Waals surface area (Å²) in [5, 5.41) is 14.0. The minimum Gasteiger partial charge on any atom is -0.367 e. The van der Waals surface area contributed by atoms with Crippen LogP contribution in [0.25, 0.3) is 15.6 Å². The second-order valence-electron chi connectivity index (χ2n) is 7.95. The molecule has 1 saturated heterocycles. The number of aromatic nitrogens is 1. The third kappa shape index (κ3) is 4.09. The summed E-state index contributed by atoms with van der Waals surface area (Å²) in [5.41, 5.74) is 4.89. The van der Waals surface area contributed by atoms with Crippen LogP contribution >= 0.6 is 22.7 Å². The smallest absolute Gasteiger partial charge is 0.326 e. The summed E-state index contributed by atoms with van der Waals surface area (Å²) in [5.74, 6) is -0.429. The Labute approximate surface area is 202 Å². The van der Waals surface area contributed by atoms with Crippen LogP contribution in [0, 0.1) is 0 Å². The Morgan fingerprint density at radius 3 is 2.71 bits per heavy atom. The van der Waals surface area contributed by atoms with Crippen molar-refractivity contribution >= 4 is 66.7 Å². The summed E-state index contributed by atoms with van der Waals surface area (Å²) < 4.78 is 0.959. The van der Waals surface area contributed by atoms with Gasteiger partial charge in [0.25, 0.3) is 5.91 Å². The number of hydrogen-bond donors (Lipinski definition) is 2. The van der Waals surface area contributed by atoms with Gasteiger partial charge in [-0.2, -0.15) is 0 Å². The number of imide groups is 1. The summed E-state index contributed by atoms with van der Waals surface area (Å²) in [6.45, 7) is 1.90. The minimum absolute atomic E-state index is 0.234. The monoisotopic (exact) mass is 486 g/mol. The fourth-order valence-corrected chi connectivity index (χ4v) is 6.05. The Hall–Kier alpha value is -3.89. The van der Waals surface area contributed by atoms with Gasteiger partial charge in [0.2, 0.25) is 5.13 Å². The lowest BCUT2D eigenvalue weighted by molar-refractivity contribution is -0.115. The molecule has 3 amide bonds. The Balaban J connectivity index is 1.16. The summed E-state index contributed by atoms with van der Waals surface area (Å²) in [6.07, 6.45) is 2.64.